The molecule has 174 valence electrons. The Morgan fingerprint density at radius 3 is 2.52 bits per heavy atom. The number of nitrogens with zero attached hydrogens (tertiary/aromatic N) is 3. The van der Waals surface area contributed by atoms with E-state index < -0.39 is 0 Å². The van der Waals surface area contributed by atoms with Gasteiger partial charge >= 0.3 is 0 Å². The van der Waals surface area contributed by atoms with Crippen molar-refractivity contribution in [2.75, 3.05) is 33.9 Å². The lowest BCUT2D eigenvalue weighted by Crippen LogP contribution is -2.38. The number of ether oxygens (including phenoxy) is 1. The molecule has 1 aromatic heterocycles. The zero-order chi connectivity index (χ0) is 23.8. The smallest absolute Gasteiger partial charge is 0.257 e. The fourth-order valence-corrected chi connectivity index (χ4v) is 3.58. The molecule has 3 rings (SSSR count). The predicted molar refractivity (Wildman–Crippen MR) is 130 cm³/mol. The van der Waals surface area contributed by atoms with Crippen LogP contribution in [0.1, 0.15) is 34.8 Å². The van der Waals surface area contributed by atoms with Crippen LogP contribution in [-0.2, 0) is 16.0 Å². The van der Waals surface area contributed by atoms with Crippen LogP contribution in [0.5, 0.6) is 0 Å². The molecule has 0 radical (unpaired) electrons. The second-order valence-electron chi connectivity index (χ2n) is 8.03. The number of hydrogen-bond donors (Lipinski definition) is 1. The van der Waals surface area contributed by atoms with E-state index in [2.05, 4.69) is 12.2 Å². The number of nitrogens with one attached hydrogen (secondary N) is 1. The summed E-state index contributed by atoms with van der Waals surface area (Å²) < 4.78 is 6.73. The summed E-state index contributed by atoms with van der Waals surface area (Å²) in [6.07, 6.45) is 3.41. The van der Waals surface area contributed by atoms with Crippen LogP contribution in [0.15, 0.2) is 54.7 Å². The molecule has 0 aliphatic rings. The third-order valence-electron chi connectivity index (χ3n) is 5.52. The van der Waals surface area contributed by atoms with E-state index in [1.54, 1.807) is 25.0 Å². The van der Waals surface area contributed by atoms with Gasteiger partial charge in [0.1, 0.15) is 5.69 Å². The van der Waals surface area contributed by atoms with E-state index in [0.717, 1.165) is 29.7 Å². The number of benzene rings is 2. The molecule has 0 saturated carbocycles. The summed E-state index contributed by atoms with van der Waals surface area (Å²) in [5.74, 6) is -0.460. The van der Waals surface area contributed by atoms with Gasteiger partial charge in [-0.05, 0) is 37.0 Å². The van der Waals surface area contributed by atoms with E-state index in [4.69, 9.17) is 9.84 Å². The van der Waals surface area contributed by atoms with Crippen LogP contribution < -0.4 is 5.32 Å². The molecule has 33 heavy (non-hydrogen) atoms. The third-order valence-corrected chi connectivity index (χ3v) is 5.52. The van der Waals surface area contributed by atoms with E-state index in [1.807, 2.05) is 55.5 Å². The van der Waals surface area contributed by atoms with Crippen LogP contribution in [0.25, 0.3) is 16.9 Å². The van der Waals surface area contributed by atoms with Crippen molar-refractivity contribution in [1.29, 1.82) is 0 Å². The van der Waals surface area contributed by atoms with E-state index in [-0.39, 0.29) is 18.4 Å². The van der Waals surface area contributed by atoms with Gasteiger partial charge in [-0.1, -0.05) is 49.4 Å². The molecule has 0 bridgehead atoms. The Kier molecular flexibility index (Phi) is 8.38. The quantitative estimate of drug-likeness (QED) is 0.481. The van der Waals surface area contributed by atoms with E-state index >= 15 is 0 Å². The van der Waals surface area contributed by atoms with Gasteiger partial charge in [0.25, 0.3) is 5.91 Å². The molecule has 0 saturated heterocycles. The highest BCUT2D eigenvalue weighted by atomic mass is 16.5. The molecule has 0 unspecified atom stereocenters. The second kappa shape index (κ2) is 11.4. The summed E-state index contributed by atoms with van der Waals surface area (Å²) in [7, 11) is 3.25. The lowest BCUT2D eigenvalue weighted by Gasteiger charge is -2.17. The zero-order valence-electron chi connectivity index (χ0n) is 19.8. The molecule has 0 aliphatic heterocycles. The largest absolute Gasteiger partial charge is 0.385 e. The Bertz CT molecular complexity index is 1090. The Morgan fingerprint density at radius 2 is 1.85 bits per heavy atom. The standard InChI is InChI=1S/C26H32N4O3/c1-5-20-11-13-21(14-12-20)25-22(17-30(28-25)23-10-7-6-9-19(23)2)26(32)29(3)18-24(31)27-15-8-16-33-4/h6-7,9-14,17H,5,8,15-16,18H2,1-4H3,(H,27,31). The highest BCUT2D eigenvalue weighted by Gasteiger charge is 2.23. The minimum atomic E-state index is -0.253. The molecule has 1 heterocycles. The van der Waals surface area contributed by atoms with Crippen LogP contribution in [0, 0.1) is 6.92 Å². The molecular weight excluding hydrogens is 416 g/mol. The molecule has 1 N–H and O–H groups in total. The van der Waals surface area contributed by atoms with E-state index in [1.165, 1.54) is 10.5 Å². The first kappa shape index (κ1) is 24.2. The Labute approximate surface area is 195 Å². The number of likely N-dealkylation sites (N-methyl/N-ethyl adjacent to an activating group) is 1. The number of amides is 2. The molecule has 0 spiro atoms. The van der Waals surface area contributed by atoms with Gasteiger partial charge in [-0.25, -0.2) is 4.68 Å². The van der Waals surface area contributed by atoms with Crippen LogP contribution in [-0.4, -0.2) is 60.3 Å². The highest BCUT2D eigenvalue weighted by molar-refractivity contribution is 6.01. The minimum absolute atomic E-state index is 0.0322. The number of aryl methyl sites for hydroxylation is 2. The topological polar surface area (TPSA) is 76.5 Å². The van der Waals surface area contributed by atoms with Crippen LogP contribution in [0.2, 0.25) is 0 Å². The normalized spacial score (nSPS) is 10.8. The number of carbonyl (C=O) groups is 2. The maximum absolute atomic E-state index is 13.4. The minimum Gasteiger partial charge on any atom is -0.385 e. The van der Waals surface area contributed by atoms with Gasteiger partial charge in [0.15, 0.2) is 0 Å². The fourth-order valence-electron chi connectivity index (χ4n) is 3.58. The monoisotopic (exact) mass is 448 g/mol. The van der Waals surface area contributed by atoms with Crippen molar-refractivity contribution in [3.8, 4) is 16.9 Å². The Hall–Kier alpha value is -3.45. The molecule has 7 heteroatoms. The van der Waals surface area contributed by atoms with Crippen molar-refractivity contribution in [3.63, 3.8) is 0 Å². The first-order chi connectivity index (χ1) is 15.9. The number of carbonyl (C=O) groups excluding carboxylic acids is 2. The lowest BCUT2D eigenvalue weighted by molar-refractivity contribution is -0.121. The van der Waals surface area contributed by atoms with Crippen molar-refractivity contribution in [2.45, 2.75) is 26.7 Å². The van der Waals surface area contributed by atoms with Crippen molar-refractivity contribution in [3.05, 3.63) is 71.4 Å². The Balaban J connectivity index is 1.89. The second-order valence-corrected chi connectivity index (χ2v) is 8.03. The van der Waals surface area contributed by atoms with Crippen LogP contribution in [0.3, 0.4) is 0 Å². The number of aromatic nitrogens is 2. The van der Waals surface area contributed by atoms with E-state index in [0.29, 0.717) is 24.4 Å². The predicted octanol–water partition coefficient (Wildman–Crippen LogP) is 3.63. The number of methoxy groups -OCH3 is 1. The van der Waals surface area contributed by atoms with Gasteiger partial charge in [-0.2, -0.15) is 5.10 Å². The molecule has 0 atom stereocenters. The maximum Gasteiger partial charge on any atom is 0.257 e. The van der Waals surface area contributed by atoms with Crippen molar-refractivity contribution < 1.29 is 14.3 Å². The van der Waals surface area contributed by atoms with Crippen LogP contribution >= 0.6 is 0 Å². The first-order valence-corrected chi connectivity index (χ1v) is 11.2. The molecule has 0 fully saturated rings. The average molecular weight is 449 g/mol. The van der Waals surface area contributed by atoms with Gasteiger partial charge in [0.05, 0.1) is 17.8 Å². The molecule has 2 amide bonds. The molecular formula is C26H32N4O3. The van der Waals surface area contributed by atoms with Crippen LogP contribution in [0.4, 0.5) is 0 Å². The number of para-hydroxylation sites is 1. The van der Waals surface area contributed by atoms with E-state index in [9.17, 15) is 9.59 Å². The maximum atomic E-state index is 13.4. The fraction of sp³-hybridized carbons (Fsp3) is 0.346. The van der Waals surface area contributed by atoms with Gasteiger partial charge in [0, 0.05) is 39.1 Å². The molecule has 7 nitrogen and oxygen atoms in total. The SMILES string of the molecule is CCc1ccc(-c2nn(-c3ccccc3C)cc2C(=O)N(C)CC(=O)NCCCOC)cc1. The summed E-state index contributed by atoms with van der Waals surface area (Å²) >= 11 is 0. The third kappa shape index (κ3) is 6.08. The zero-order valence-corrected chi connectivity index (χ0v) is 19.8. The average Bonchev–Trinajstić information content (AvgIpc) is 3.26. The van der Waals surface area contributed by atoms with Crippen molar-refractivity contribution >= 4 is 11.8 Å². The van der Waals surface area contributed by atoms with Crippen molar-refractivity contribution in [1.82, 2.24) is 20.0 Å². The summed E-state index contributed by atoms with van der Waals surface area (Å²) in [6.45, 7) is 5.16. The summed E-state index contributed by atoms with van der Waals surface area (Å²) in [5, 5.41) is 7.59. The summed E-state index contributed by atoms with van der Waals surface area (Å²) in [5.41, 5.74) is 5.08. The molecule has 3 aromatic rings. The summed E-state index contributed by atoms with van der Waals surface area (Å²) in [4.78, 5) is 27.1. The van der Waals surface area contributed by atoms with Gasteiger partial charge in [0.2, 0.25) is 5.91 Å². The summed E-state index contributed by atoms with van der Waals surface area (Å²) in [6, 6.07) is 16.0. The highest BCUT2D eigenvalue weighted by Crippen LogP contribution is 2.26. The van der Waals surface area contributed by atoms with Gasteiger partial charge in [-0.3, -0.25) is 9.59 Å². The first-order valence-electron chi connectivity index (χ1n) is 11.2. The number of rotatable bonds is 10. The molecule has 2 aromatic carbocycles. The Morgan fingerprint density at radius 1 is 1.12 bits per heavy atom. The molecule has 0 aliphatic carbocycles. The van der Waals surface area contributed by atoms with Crippen molar-refractivity contribution in [2.24, 2.45) is 0 Å². The lowest BCUT2D eigenvalue weighted by atomic mass is 10.0. The van der Waals surface area contributed by atoms with Gasteiger partial charge < -0.3 is 15.0 Å². The van der Waals surface area contributed by atoms with Gasteiger partial charge in [-0.15, -0.1) is 0 Å². The number of hydrogen-bond acceptors (Lipinski definition) is 4.